The number of fused-ring (bicyclic) bond motifs is 1. The second-order valence-corrected chi connectivity index (χ2v) is 3.66. The van der Waals surface area contributed by atoms with Gasteiger partial charge < -0.3 is 10.5 Å². The normalized spacial score (nSPS) is 10.6. The third kappa shape index (κ3) is 1.23. The van der Waals surface area contributed by atoms with E-state index in [0.717, 1.165) is 21.4 Å². The number of ether oxygens (including phenoxy) is 1. The zero-order valence-electron chi connectivity index (χ0n) is 7.00. The Labute approximate surface area is 78.7 Å². The lowest BCUT2D eigenvalue weighted by molar-refractivity contribution is 0.422. The summed E-state index contributed by atoms with van der Waals surface area (Å²) in [6, 6.07) is 4.97. The second-order valence-electron chi connectivity index (χ2n) is 2.66. The van der Waals surface area contributed by atoms with Crippen LogP contribution in [0.3, 0.4) is 0 Å². The van der Waals surface area contributed by atoms with Crippen molar-refractivity contribution in [2.75, 3.05) is 12.8 Å². The number of benzene rings is 1. The monoisotopic (exact) mass is 197 g/mol. The molecule has 0 aliphatic heterocycles. The maximum Gasteiger partial charge on any atom is 0.177 e. The summed E-state index contributed by atoms with van der Waals surface area (Å²) < 4.78 is 18.7. The molecule has 2 aromatic rings. The van der Waals surface area contributed by atoms with Crippen LogP contribution in [-0.4, -0.2) is 7.11 Å². The van der Waals surface area contributed by atoms with E-state index in [4.69, 9.17) is 10.5 Å². The van der Waals surface area contributed by atoms with Gasteiger partial charge in [0.1, 0.15) is 0 Å². The van der Waals surface area contributed by atoms with Crippen LogP contribution in [0, 0.1) is 5.13 Å². The number of anilines is 1. The minimum Gasteiger partial charge on any atom is -0.493 e. The summed E-state index contributed by atoms with van der Waals surface area (Å²) in [4.78, 5) is 0. The van der Waals surface area contributed by atoms with Crippen LogP contribution in [0.2, 0.25) is 0 Å². The Morgan fingerprint density at radius 3 is 2.92 bits per heavy atom. The average molecular weight is 197 g/mol. The predicted molar refractivity (Wildman–Crippen MR) is 52.7 cm³/mol. The molecule has 0 saturated carbocycles. The molecule has 0 spiro atoms. The molecule has 0 atom stereocenters. The van der Waals surface area contributed by atoms with Crippen molar-refractivity contribution in [1.82, 2.24) is 0 Å². The Balaban J connectivity index is 2.82. The highest BCUT2D eigenvalue weighted by Gasteiger charge is 2.09. The zero-order chi connectivity index (χ0) is 9.42. The van der Waals surface area contributed by atoms with E-state index < -0.39 is 0 Å². The molecule has 0 fully saturated rings. The summed E-state index contributed by atoms with van der Waals surface area (Å²) in [6.07, 6.45) is 0. The first-order valence-corrected chi connectivity index (χ1v) is 4.55. The number of hydrogen-bond donors (Lipinski definition) is 1. The van der Waals surface area contributed by atoms with Crippen LogP contribution in [0.25, 0.3) is 10.1 Å². The molecule has 0 bridgehead atoms. The summed E-state index contributed by atoms with van der Waals surface area (Å²) in [7, 11) is 1.53. The maximum atomic E-state index is 12.9. The molecule has 0 amide bonds. The van der Waals surface area contributed by atoms with Gasteiger partial charge in [-0.2, -0.15) is 4.39 Å². The first kappa shape index (κ1) is 8.31. The Morgan fingerprint density at radius 1 is 1.46 bits per heavy atom. The summed E-state index contributed by atoms with van der Waals surface area (Å²) >= 11 is 1.05. The molecule has 13 heavy (non-hydrogen) atoms. The third-order valence-corrected chi connectivity index (χ3v) is 2.78. The molecule has 0 unspecified atom stereocenters. The molecule has 0 saturated heterocycles. The van der Waals surface area contributed by atoms with Gasteiger partial charge in [0.05, 0.1) is 17.5 Å². The van der Waals surface area contributed by atoms with E-state index in [2.05, 4.69) is 0 Å². The summed E-state index contributed by atoms with van der Waals surface area (Å²) in [5.74, 6) is 0.561. The Kier molecular flexibility index (Phi) is 1.84. The highest BCUT2D eigenvalue weighted by molar-refractivity contribution is 7.18. The first-order chi connectivity index (χ1) is 6.22. The largest absolute Gasteiger partial charge is 0.493 e. The number of hydrogen-bond acceptors (Lipinski definition) is 3. The van der Waals surface area contributed by atoms with Crippen molar-refractivity contribution in [3.8, 4) is 5.75 Å². The van der Waals surface area contributed by atoms with Crippen molar-refractivity contribution >= 4 is 27.1 Å². The number of halogens is 1. The first-order valence-electron chi connectivity index (χ1n) is 3.74. The molecule has 2 nitrogen and oxygen atoms in total. The Morgan fingerprint density at radius 2 is 2.23 bits per heavy atom. The smallest absolute Gasteiger partial charge is 0.177 e. The zero-order valence-corrected chi connectivity index (χ0v) is 7.82. The molecule has 68 valence electrons. The van der Waals surface area contributed by atoms with Gasteiger partial charge >= 0.3 is 0 Å². The number of rotatable bonds is 1. The highest BCUT2D eigenvalue weighted by Crippen LogP contribution is 2.36. The van der Waals surface area contributed by atoms with E-state index in [1.54, 1.807) is 12.1 Å². The number of methoxy groups -OCH3 is 1. The predicted octanol–water partition coefficient (Wildman–Crippen LogP) is 2.63. The van der Waals surface area contributed by atoms with E-state index in [9.17, 15) is 4.39 Å². The lowest BCUT2D eigenvalue weighted by Gasteiger charge is -2.03. The lowest BCUT2D eigenvalue weighted by atomic mass is 10.2. The fourth-order valence-electron chi connectivity index (χ4n) is 1.27. The van der Waals surface area contributed by atoms with Crippen molar-refractivity contribution < 1.29 is 9.13 Å². The van der Waals surface area contributed by atoms with Crippen LogP contribution >= 0.6 is 11.3 Å². The van der Waals surface area contributed by atoms with Crippen molar-refractivity contribution in [3.63, 3.8) is 0 Å². The van der Waals surface area contributed by atoms with Gasteiger partial charge in [-0.1, -0.05) is 6.07 Å². The van der Waals surface area contributed by atoms with Gasteiger partial charge in [0, 0.05) is 0 Å². The fraction of sp³-hybridized carbons (Fsp3) is 0.111. The van der Waals surface area contributed by atoms with E-state index >= 15 is 0 Å². The molecule has 1 aromatic heterocycles. The number of thiophene rings is 1. The SMILES string of the molecule is COc1c(N)ccc2cc(F)sc12. The quantitative estimate of drug-likeness (QED) is 0.713. The van der Waals surface area contributed by atoms with Gasteiger partial charge in [0.15, 0.2) is 10.9 Å². The van der Waals surface area contributed by atoms with Crippen molar-refractivity contribution in [2.45, 2.75) is 0 Å². The highest BCUT2D eigenvalue weighted by atomic mass is 32.1. The molecule has 0 radical (unpaired) electrons. The van der Waals surface area contributed by atoms with Gasteiger partial charge in [-0.3, -0.25) is 0 Å². The van der Waals surface area contributed by atoms with Crippen LogP contribution in [0.15, 0.2) is 18.2 Å². The molecule has 1 heterocycles. The van der Waals surface area contributed by atoms with Gasteiger partial charge in [0.25, 0.3) is 0 Å². The van der Waals surface area contributed by atoms with Crippen LogP contribution in [0.1, 0.15) is 0 Å². The van der Waals surface area contributed by atoms with E-state index in [1.807, 2.05) is 0 Å². The van der Waals surface area contributed by atoms with E-state index in [-0.39, 0.29) is 5.13 Å². The van der Waals surface area contributed by atoms with Crippen LogP contribution in [0.4, 0.5) is 10.1 Å². The second kappa shape index (κ2) is 2.88. The lowest BCUT2D eigenvalue weighted by Crippen LogP contribution is -1.91. The molecule has 0 aliphatic carbocycles. The van der Waals surface area contributed by atoms with Gasteiger partial charge in [-0.15, -0.1) is 11.3 Å². The molecule has 2 rings (SSSR count). The molecular formula is C9H8FNOS. The molecule has 0 aliphatic rings. The number of nitrogen functional groups attached to an aromatic ring is 1. The van der Waals surface area contributed by atoms with Gasteiger partial charge in [0.2, 0.25) is 0 Å². The molecular weight excluding hydrogens is 189 g/mol. The van der Waals surface area contributed by atoms with Crippen molar-refractivity contribution in [2.24, 2.45) is 0 Å². The third-order valence-electron chi connectivity index (χ3n) is 1.85. The fourth-order valence-corrected chi connectivity index (χ4v) is 2.19. The van der Waals surface area contributed by atoms with Crippen LogP contribution < -0.4 is 10.5 Å². The summed E-state index contributed by atoms with van der Waals surface area (Å²) in [5.41, 5.74) is 6.20. The van der Waals surface area contributed by atoms with E-state index in [0.29, 0.717) is 11.4 Å². The minimum atomic E-state index is -0.223. The summed E-state index contributed by atoms with van der Waals surface area (Å²) in [5, 5.41) is 0.604. The summed E-state index contributed by atoms with van der Waals surface area (Å²) in [6.45, 7) is 0. The topological polar surface area (TPSA) is 35.2 Å². The Bertz CT molecular complexity index is 452. The van der Waals surface area contributed by atoms with Crippen molar-refractivity contribution in [3.05, 3.63) is 23.3 Å². The maximum absolute atomic E-state index is 12.9. The Hall–Kier alpha value is -1.29. The molecule has 2 N–H and O–H groups in total. The molecule has 4 heteroatoms. The minimum absolute atomic E-state index is 0.223. The van der Waals surface area contributed by atoms with Crippen molar-refractivity contribution in [1.29, 1.82) is 0 Å². The standard InChI is InChI=1S/C9H8FNOS/c1-12-8-6(11)3-2-5-4-7(10)13-9(5)8/h2-4H,11H2,1H3. The van der Waals surface area contributed by atoms with Gasteiger partial charge in [-0.05, 0) is 17.5 Å². The molecule has 1 aromatic carbocycles. The van der Waals surface area contributed by atoms with Gasteiger partial charge in [-0.25, -0.2) is 0 Å². The average Bonchev–Trinajstić information content (AvgIpc) is 2.45. The van der Waals surface area contributed by atoms with Crippen LogP contribution in [0.5, 0.6) is 5.75 Å². The van der Waals surface area contributed by atoms with Crippen LogP contribution in [-0.2, 0) is 0 Å². The van der Waals surface area contributed by atoms with E-state index in [1.165, 1.54) is 13.2 Å². The number of nitrogens with two attached hydrogens (primary N) is 1.